The summed E-state index contributed by atoms with van der Waals surface area (Å²) in [6, 6.07) is 4.78. The minimum Gasteiger partial charge on any atom is -0.487 e. The van der Waals surface area contributed by atoms with E-state index >= 15 is 0 Å². The second-order valence-electron chi connectivity index (χ2n) is 7.34. The first-order valence-corrected chi connectivity index (χ1v) is 9.90. The molecule has 1 heterocycles. The number of nitrogens with one attached hydrogen (secondary N) is 1. The van der Waals surface area contributed by atoms with Gasteiger partial charge in [-0.15, -0.1) is 0 Å². The zero-order valence-corrected chi connectivity index (χ0v) is 18.4. The van der Waals surface area contributed by atoms with Crippen molar-refractivity contribution in [2.75, 3.05) is 6.54 Å². The lowest BCUT2D eigenvalue weighted by atomic mass is 10.1. The molecule has 2 N–H and O–H groups in total. The number of rotatable bonds is 8. The largest absolute Gasteiger partial charge is 0.487 e. The minimum atomic E-state index is -1.02. The Morgan fingerprint density at radius 1 is 1.33 bits per heavy atom. The van der Waals surface area contributed by atoms with Gasteiger partial charge in [-0.3, -0.25) is 9.59 Å². The molecule has 0 aliphatic rings. The van der Waals surface area contributed by atoms with Crippen LogP contribution in [0.15, 0.2) is 45.7 Å². The summed E-state index contributed by atoms with van der Waals surface area (Å²) in [4.78, 5) is 24.4. The van der Waals surface area contributed by atoms with Gasteiger partial charge in [-0.1, -0.05) is 6.08 Å². The van der Waals surface area contributed by atoms with Crippen LogP contribution >= 0.6 is 15.9 Å². The highest BCUT2D eigenvalue weighted by Crippen LogP contribution is 2.24. The van der Waals surface area contributed by atoms with Crippen LogP contribution in [0.4, 0.5) is 8.78 Å². The Labute approximate surface area is 181 Å². The Kier molecular flexibility index (Phi) is 7.91. The number of halogens is 3. The first-order valence-electron chi connectivity index (χ1n) is 9.11. The number of pyridine rings is 1. The molecule has 1 amide bonds. The molecular weight excluding hydrogens is 462 g/mol. The summed E-state index contributed by atoms with van der Waals surface area (Å²) in [5.41, 5.74) is -0.676. The Bertz CT molecular complexity index is 1010. The highest BCUT2D eigenvalue weighted by molar-refractivity contribution is 9.10. The molecular formula is C21H23BrF2N2O4. The number of aromatic nitrogens is 1. The standard InChI is InChI=1S/C21H23BrF2N2O4/c1-13-9-17(30-11-14-6-7-15(23)10-16(14)24)19(22)20(28)26(13)8-4-5-18(27)25-12-21(2,3)29/h4-7,9-10,29H,8,11-12H2,1-3H3,(H,25,27). The number of carbonyl (C=O) groups excluding carboxylic acids is 1. The first-order chi connectivity index (χ1) is 14.0. The van der Waals surface area contributed by atoms with Gasteiger partial charge >= 0.3 is 0 Å². The number of amides is 1. The lowest BCUT2D eigenvalue weighted by Crippen LogP contribution is -2.37. The lowest BCUT2D eigenvalue weighted by Gasteiger charge is -2.16. The fourth-order valence-corrected chi connectivity index (χ4v) is 2.91. The average Bonchev–Trinajstić information content (AvgIpc) is 2.65. The molecule has 0 unspecified atom stereocenters. The van der Waals surface area contributed by atoms with E-state index in [0.717, 1.165) is 12.1 Å². The molecule has 30 heavy (non-hydrogen) atoms. The van der Waals surface area contributed by atoms with Crippen LogP contribution in [0.2, 0.25) is 0 Å². The van der Waals surface area contributed by atoms with E-state index in [9.17, 15) is 23.5 Å². The van der Waals surface area contributed by atoms with Crippen LogP contribution in [-0.4, -0.2) is 27.7 Å². The predicted molar refractivity (Wildman–Crippen MR) is 112 cm³/mol. The quantitative estimate of drug-likeness (QED) is 0.563. The van der Waals surface area contributed by atoms with Crippen molar-refractivity contribution in [3.05, 3.63) is 74.1 Å². The van der Waals surface area contributed by atoms with Crippen molar-refractivity contribution in [2.45, 2.75) is 39.5 Å². The summed E-state index contributed by atoms with van der Waals surface area (Å²) >= 11 is 3.19. The Balaban J connectivity index is 2.08. The van der Waals surface area contributed by atoms with Crippen molar-refractivity contribution >= 4 is 21.8 Å². The van der Waals surface area contributed by atoms with Gasteiger partial charge in [-0.2, -0.15) is 0 Å². The van der Waals surface area contributed by atoms with Gasteiger partial charge in [0, 0.05) is 42.6 Å². The van der Waals surface area contributed by atoms with Crippen LogP contribution in [-0.2, 0) is 17.9 Å². The number of allylic oxidation sites excluding steroid dienone is 1. The number of benzene rings is 1. The third-order valence-electron chi connectivity index (χ3n) is 4.07. The number of hydrogen-bond acceptors (Lipinski definition) is 4. The molecule has 0 fully saturated rings. The molecule has 0 atom stereocenters. The number of ether oxygens (including phenoxy) is 1. The third kappa shape index (κ3) is 6.77. The van der Waals surface area contributed by atoms with Gasteiger partial charge in [0.1, 0.15) is 28.5 Å². The molecule has 0 radical (unpaired) electrons. The van der Waals surface area contributed by atoms with Gasteiger partial charge in [0.05, 0.1) is 5.60 Å². The number of nitrogens with zero attached hydrogens (tertiary/aromatic N) is 1. The molecule has 0 bridgehead atoms. The van der Waals surface area contributed by atoms with E-state index in [1.54, 1.807) is 26.8 Å². The molecule has 9 heteroatoms. The SMILES string of the molecule is Cc1cc(OCc2ccc(F)cc2F)c(Br)c(=O)n1CC=CC(=O)NCC(C)(C)O. The first kappa shape index (κ1) is 23.8. The molecule has 1 aromatic carbocycles. The zero-order chi connectivity index (χ0) is 22.5. The highest BCUT2D eigenvalue weighted by Gasteiger charge is 2.14. The van der Waals surface area contributed by atoms with Crippen LogP contribution in [0.3, 0.4) is 0 Å². The van der Waals surface area contributed by atoms with Crippen molar-refractivity contribution in [3.63, 3.8) is 0 Å². The van der Waals surface area contributed by atoms with Crippen LogP contribution in [0, 0.1) is 18.6 Å². The van der Waals surface area contributed by atoms with E-state index < -0.39 is 17.2 Å². The van der Waals surface area contributed by atoms with Crippen molar-refractivity contribution in [1.29, 1.82) is 0 Å². The summed E-state index contributed by atoms with van der Waals surface area (Å²) in [6.07, 6.45) is 2.81. The fraction of sp³-hybridized carbons (Fsp3) is 0.333. The molecule has 0 saturated carbocycles. The van der Waals surface area contributed by atoms with E-state index in [-0.39, 0.29) is 46.9 Å². The van der Waals surface area contributed by atoms with Crippen LogP contribution < -0.4 is 15.6 Å². The smallest absolute Gasteiger partial charge is 0.269 e. The number of hydrogen-bond donors (Lipinski definition) is 2. The molecule has 1 aromatic heterocycles. The molecule has 0 spiro atoms. The molecule has 2 rings (SSSR count). The van der Waals surface area contributed by atoms with E-state index in [4.69, 9.17) is 4.74 Å². The molecule has 0 aliphatic heterocycles. The second-order valence-corrected chi connectivity index (χ2v) is 8.13. The van der Waals surface area contributed by atoms with Gasteiger partial charge in [-0.25, -0.2) is 8.78 Å². The summed E-state index contributed by atoms with van der Waals surface area (Å²) in [7, 11) is 0. The molecule has 2 aromatic rings. The van der Waals surface area contributed by atoms with Crippen molar-refractivity contribution in [1.82, 2.24) is 9.88 Å². The third-order valence-corrected chi connectivity index (χ3v) is 4.80. The second kappa shape index (κ2) is 9.99. The molecule has 0 saturated heterocycles. The Hall–Kier alpha value is -2.52. The lowest BCUT2D eigenvalue weighted by molar-refractivity contribution is -0.117. The molecule has 6 nitrogen and oxygen atoms in total. The Morgan fingerprint density at radius 2 is 2.03 bits per heavy atom. The highest BCUT2D eigenvalue weighted by atomic mass is 79.9. The topological polar surface area (TPSA) is 80.6 Å². The van der Waals surface area contributed by atoms with Crippen LogP contribution in [0.25, 0.3) is 0 Å². The van der Waals surface area contributed by atoms with Gasteiger partial charge in [-0.05, 0) is 48.8 Å². The van der Waals surface area contributed by atoms with Crippen LogP contribution in [0.5, 0.6) is 5.75 Å². The minimum absolute atomic E-state index is 0.0986. The van der Waals surface area contributed by atoms with Gasteiger partial charge in [0.2, 0.25) is 5.91 Å². The number of aryl methyl sites for hydroxylation is 1. The summed E-state index contributed by atoms with van der Waals surface area (Å²) in [6.45, 7) is 4.92. The maximum absolute atomic E-state index is 13.7. The average molecular weight is 485 g/mol. The maximum Gasteiger partial charge on any atom is 0.269 e. The zero-order valence-electron chi connectivity index (χ0n) is 16.8. The summed E-state index contributed by atoms with van der Waals surface area (Å²) < 4.78 is 33.9. The molecule has 162 valence electrons. The van der Waals surface area contributed by atoms with Gasteiger partial charge in [0.25, 0.3) is 5.56 Å². The number of aliphatic hydroxyl groups is 1. The van der Waals surface area contributed by atoms with E-state index in [2.05, 4.69) is 21.2 Å². The van der Waals surface area contributed by atoms with Gasteiger partial charge in [0.15, 0.2) is 0 Å². The van der Waals surface area contributed by atoms with E-state index in [0.29, 0.717) is 5.69 Å². The van der Waals surface area contributed by atoms with E-state index in [1.807, 2.05) is 0 Å². The molecule has 0 aliphatic carbocycles. The summed E-state index contributed by atoms with van der Waals surface area (Å²) in [5.74, 6) is -1.57. The van der Waals surface area contributed by atoms with Crippen molar-refractivity contribution in [3.8, 4) is 5.75 Å². The Morgan fingerprint density at radius 3 is 2.67 bits per heavy atom. The summed E-state index contributed by atoms with van der Waals surface area (Å²) in [5, 5.41) is 12.2. The monoisotopic (exact) mass is 484 g/mol. The van der Waals surface area contributed by atoms with E-state index in [1.165, 1.54) is 22.8 Å². The van der Waals surface area contributed by atoms with Crippen molar-refractivity contribution in [2.24, 2.45) is 0 Å². The fourth-order valence-electron chi connectivity index (χ4n) is 2.47. The van der Waals surface area contributed by atoms with Gasteiger partial charge < -0.3 is 19.7 Å². The van der Waals surface area contributed by atoms with Crippen LogP contribution in [0.1, 0.15) is 25.1 Å². The van der Waals surface area contributed by atoms with Crippen molar-refractivity contribution < 1.29 is 23.4 Å². The predicted octanol–water partition coefficient (Wildman–Crippen LogP) is 3.22. The maximum atomic E-state index is 13.7. The number of carbonyl (C=O) groups is 1. The normalized spacial score (nSPS) is 11.7.